The third kappa shape index (κ3) is 6.52. The largest absolute Gasteiger partial charge is 0.324 e. The van der Waals surface area contributed by atoms with Crippen LogP contribution >= 0.6 is 23.2 Å². The van der Waals surface area contributed by atoms with E-state index in [0.29, 0.717) is 22.3 Å². The van der Waals surface area contributed by atoms with Crippen molar-refractivity contribution in [1.82, 2.24) is 4.31 Å². The zero-order valence-electron chi connectivity index (χ0n) is 12.6. The molecule has 0 spiro atoms. The molecule has 0 aliphatic heterocycles. The molecule has 0 aliphatic rings. The number of carbonyl (C=O) groups is 1. The molecule has 0 fully saturated rings. The van der Waals surface area contributed by atoms with Gasteiger partial charge in [-0.3, -0.25) is 4.79 Å². The predicted octanol–water partition coefficient (Wildman–Crippen LogP) is 3.38. The summed E-state index contributed by atoms with van der Waals surface area (Å²) in [5.41, 5.74) is 0.362. The molecule has 0 atom stereocenters. The summed E-state index contributed by atoms with van der Waals surface area (Å²) in [5.74, 6) is -0.453. The molecule has 5 nitrogen and oxygen atoms in total. The number of hydrogen-bond acceptors (Lipinski definition) is 3. The molecule has 0 saturated carbocycles. The molecule has 0 radical (unpaired) electrons. The SMILES string of the molecule is CCCCCN(CC(=O)Nc1cc(Cl)ccc1Cl)S(C)(=O)=O. The van der Waals surface area contributed by atoms with Gasteiger partial charge < -0.3 is 5.32 Å². The number of benzene rings is 1. The van der Waals surface area contributed by atoms with Crippen LogP contribution in [-0.4, -0.2) is 38.0 Å². The predicted molar refractivity (Wildman–Crippen MR) is 91.0 cm³/mol. The van der Waals surface area contributed by atoms with Gasteiger partial charge in [0.25, 0.3) is 0 Å². The normalized spacial score (nSPS) is 11.7. The van der Waals surface area contributed by atoms with Crippen LogP contribution in [0, 0.1) is 0 Å². The minimum atomic E-state index is -3.44. The van der Waals surface area contributed by atoms with Gasteiger partial charge in [0.05, 0.1) is 23.5 Å². The van der Waals surface area contributed by atoms with Gasteiger partial charge in [0, 0.05) is 11.6 Å². The maximum atomic E-state index is 12.0. The van der Waals surface area contributed by atoms with E-state index >= 15 is 0 Å². The summed E-state index contributed by atoms with van der Waals surface area (Å²) in [6, 6.07) is 4.69. The molecule has 124 valence electrons. The molecular weight excluding hydrogens is 347 g/mol. The van der Waals surface area contributed by atoms with E-state index in [1.54, 1.807) is 12.1 Å². The summed E-state index contributed by atoms with van der Waals surface area (Å²) in [4.78, 5) is 12.0. The zero-order chi connectivity index (χ0) is 16.8. The molecule has 1 amide bonds. The molecule has 22 heavy (non-hydrogen) atoms. The van der Waals surface area contributed by atoms with Crippen molar-refractivity contribution in [3.63, 3.8) is 0 Å². The van der Waals surface area contributed by atoms with Crippen LogP contribution in [0.2, 0.25) is 10.0 Å². The Kier molecular flexibility index (Phi) is 7.62. The summed E-state index contributed by atoms with van der Waals surface area (Å²) in [7, 11) is -3.44. The van der Waals surface area contributed by atoms with Crippen molar-refractivity contribution in [3.8, 4) is 0 Å². The first-order valence-corrected chi connectivity index (χ1v) is 9.54. The summed E-state index contributed by atoms with van der Waals surface area (Å²) < 4.78 is 24.6. The van der Waals surface area contributed by atoms with Gasteiger partial charge in [-0.15, -0.1) is 0 Å². The minimum absolute atomic E-state index is 0.245. The van der Waals surface area contributed by atoms with Crippen molar-refractivity contribution in [1.29, 1.82) is 0 Å². The van der Waals surface area contributed by atoms with E-state index < -0.39 is 15.9 Å². The topological polar surface area (TPSA) is 66.5 Å². The third-order valence-corrected chi connectivity index (χ3v) is 4.82. The number of nitrogens with one attached hydrogen (secondary N) is 1. The summed E-state index contributed by atoms with van der Waals surface area (Å²) >= 11 is 11.8. The highest BCUT2D eigenvalue weighted by Gasteiger charge is 2.20. The highest BCUT2D eigenvalue weighted by atomic mass is 35.5. The molecule has 0 aliphatic carbocycles. The third-order valence-electron chi connectivity index (χ3n) is 3.00. The number of unbranched alkanes of at least 4 members (excludes halogenated alkanes) is 2. The number of sulfonamides is 1. The van der Waals surface area contributed by atoms with Crippen LogP contribution in [0.5, 0.6) is 0 Å². The van der Waals surface area contributed by atoms with E-state index in [-0.39, 0.29) is 6.54 Å². The van der Waals surface area contributed by atoms with Crippen molar-refractivity contribution < 1.29 is 13.2 Å². The van der Waals surface area contributed by atoms with Crippen molar-refractivity contribution >= 4 is 44.8 Å². The average molecular weight is 367 g/mol. The van der Waals surface area contributed by atoms with E-state index in [1.807, 2.05) is 6.92 Å². The van der Waals surface area contributed by atoms with Crippen molar-refractivity contribution in [2.45, 2.75) is 26.2 Å². The van der Waals surface area contributed by atoms with Crippen molar-refractivity contribution in [2.75, 3.05) is 24.7 Å². The second-order valence-corrected chi connectivity index (χ2v) is 7.80. The van der Waals surface area contributed by atoms with Crippen LogP contribution in [0.1, 0.15) is 26.2 Å². The second-order valence-electron chi connectivity index (χ2n) is 4.98. The summed E-state index contributed by atoms with van der Waals surface area (Å²) in [6.07, 6.45) is 3.70. The molecule has 1 aromatic rings. The molecular formula is C14H20Cl2N2O3S. The van der Waals surface area contributed by atoms with Gasteiger partial charge in [-0.25, -0.2) is 8.42 Å². The lowest BCUT2D eigenvalue weighted by molar-refractivity contribution is -0.116. The summed E-state index contributed by atoms with van der Waals surface area (Å²) in [5, 5.41) is 3.36. The number of anilines is 1. The van der Waals surface area contributed by atoms with Crippen LogP contribution < -0.4 is 5.32 Å². The molecule has 1 aromatic carbocycles. The fourth-order valence-electron chi connectivity index (χ4n) is 1.84. The highest BCUT2D eigenvalue weighted by Crippen LogP contribution is 2.25. The lowest BCUT2D eigenvalue weighted by Gasteiger charge is -2.19. The van der Waals surface area contributed by atoms with E-state index in [9.17, 15) is 13.2 Å². The van der Waals surface area contributed by atoms with Gasteiger partial charge in [-0.2, -0.15) is 4.31 Å². The molecule has 0 saturated heterocycles. The van der Waals surface area contributed by atoms with Gasteiger partial charge >= 0.3 is 0 Å². The Morgan fingerprint density at radius 3 is 2.55 bits per heavy atom. The first kappa shape index (κ1) is 19.2. The number of nitrogens with zero attached hydrogens (tertiary/aromatic N) is 1. The number of rotatable bonds is 8. The number of amides is 1. The van der Waals surface area contributed by atoms with Gasteiger partial charge in [0.15, 0.2) is 0 Å². The lowest BCUT2D eigenvalue weighted by Crippen LogP contribution is -2.38. The summed E-state index contributed by atoms with van der Waals surface area (Å²) in [6.45, 7) is 2.10. The minimum Gasteiger partial charge on any atom is -0.324 e. The number of carbonyl (C=O) groups excluding carboxylic acids is 1. The Bertz CT molecular complexity index is 621. The fraction of sp³-hybridized carbons (Fsp3) is 0.500. The van der Waals surface area contributed by atoms with Gasteiger partial charge in [0.1, 0.15) is 0 Å². The average Bonchev–Trinajstić information content (AvgIpc) is 2.41. The second kappa shape index (κ2) is 8.72. The number of hydrogen-bond donors (Lipinski definition) is 1. The quantitative estimate of drug-likeness (QED) is 0.717. The highest BCUT2D eigenvalue weighted by molar-refractivity contribution is 7.88. The van der Waals surface area contributed by atoms with Gasteiger partial charge in [0.2, 0.25) is 15.9 Å². The molecule has 0 aromatic heterocycles. The van der Waals surface area contributed by atoms with Crippen molar-refractivity contribution in [3.05, 3.63) is 28.2 Å². The van der Waals surface area contributed by atoms with E-state index in [2.05, 4.69) is 5.32 Å². The Labute approximate surface area is 141 Å². The molecule has 1 N–H and O–H groups in total. The van der Waals surface area contributed by atoms with Crippen LogP contribution in [0.25, 0.3) is 0 Å². The first-order chi connectivity index (χ1) is 10.2. The van der Waals surface area contributed by atoms with Crippen LogP contribution in [0.3, 0.4) is 0 Å². The Morgan fingerprint density at radius 2 is 1.95 bits per heavy atom. The molecule has 0 unspecified atom stereocenters. The maximum Gasteiger partial charge on any atom is 0.239 e. The van der Waals surface area contributed by atoms with Crippen molar-refractivity contribution in [2.24, 2.45) is 0 Å². The lowest BCUT2D eigenvalue weighted by atomic mass is 10.2. The Hall–Kier alpha value is -0.820. The molecule has 0 bridgehead atoms. The molecule has 8 heteroatoms. The Morgan fingerprint density at radius 1 is 1.27 bits per heavy atom. The monoisotopic (exact) mass is 366 g/mol. The number of halogens is 2. The maximum absolute atomic E-state index is 12.0. The van der Waals surface area contributed by atoms with E-state index in [0.717, 1.165) is 29.8 Å². The van der Waals surface area contributed by atoms with Crippen LogP contribution in [0.4, 0.5) is 5.69 Å². The first-order valence-electron chi connectivity index (χ1n) is 6.94. The van der Waals surface area contributed by atoms with Gasteiger partial charge in [-0.1, -0.05) is 43.0 Å². The Balaban J connectivity index is 2.72. The smallest absolute Gasteiger partial charge is 0.239 e. The molecule has 1 rings (SSSR count). The zero-order valence-corrected chi connectivity index (χ0v) is 14.9. The van der Waals surface area contributed by atoms with E-state index in [4.69, 9.17) is 23.2 Å². The van der Waals surface area contributed by atoms with E-state index in [1.165, 1.54) is 6.07 Å². The van der Waals surface area contributed by atoms with Crippen LogP contribution in [0.15, 0.2) is 18.2 Å². The fourth-order valence-corrected chi connectivity index (χ4v) is 2.99. The molecule has 0 heterocycles. The van der Waals surface area contributed by atoms with Gasteiger partial charge in [-0.05, 0) is 24.6 Å². The standard InChI is InChI=1S/C14H20Cl2N2O3S/c1-3-4-5-8-18(22(2,20)21)10-14(19)17-13-9-11(15)6-7-12(13)16/h6-7,9H,3-5,8,10H2,1-2H3,(H,17,19). The van der Waals surface area contributed by atoms with Crippen LogP contribution in [-0.2, 0) is 14.8 Å².